The lowest BCUT2D eigenvalue weighted by Crippen LogP contribution is -2.44. The normalized spacial score (nSPS) is 21.9. The lowest BCUT2D eigenvalue weighted by molar-refractivity contribution is 0.376. The number of nitrogens with two attached hydrogens (primary N) is 2. The molecule has 90 valence electrons. The number of fused-ring (bicyclic) bond motifs is 1. The Balaban J connectivity index is 0.000000606. The highest BCUT2D eigenvalue weighted by Gasteiger charge is 2.38. The predicted molar refractivity (Wildman–Crippen MR) is 67.6 cm³/mol. The molecule has 0 saturated carbocycles. The van der Waals surface area contributed by atoms with Gasteiger partial charge in [-0.05, 0) is 37.4 Å². The average molecular weight is 222 g/mol. The molecule has 5 N–H and O–H groups in total. The van der Waals surface area contributed by atoms with Crippen LogP contribution in [-0.2, 0) is 12.0 Å². The van der Waals surface area contributed by atoms with Gasteiger partial charge in [0, 0.05) is 11.1 Å². The average Bonchev–Trinajstić information content (AvgIpc) is 2.18. The topological polar surface area (TPSA) is 72.3 Å². The van der Waals surface area contributed by atoms with Gasteiger partial charge in [0.15, 0.2) is 0 Å². The molecule has 16 heavy (non-hydrogen) atoms. The molecule has 0 heterocycles. The molecule has 0 aliphatic heterocycles. The van der Waals surface area contributed by atoms with E-state index in [-0.39, 0.29) is 5.54 Å². The molecular weight excluding hydrogens is 200 g/mol. The Labute approximate surface area is 97.5 Å². The van der Waals surface area contributed by atoms with Gasteiger partial charge in [0.05, 0.1) is 0 Å². The van der Waals surface area contributed by atoms with Gasteiger partial charge in [-0.3, -0.25) is 0 Å². The van der Waals surface area contributed by atoms with Crippen LogP contribution in [0.5, 0.6) is 5.75 Å². The van der Waals surface area contributed by atoms with Gasteiger partial charge in [-0.1, -0.05) is 26.0 Å². The summed E-state index contributed by atoms with van der Waals surface area (Å²) in [4.78, 5) is 0. The summed E-state index contributed by atoms with van der Waals surface area (Å²) >= 11 is 0. The number of rotatable bonds is 1. The van der Waals surface area contributed by atoms with Crippen molar-refractivity contribution in [3.63, 3.8) is 0 Å². The standard InChI is InChI=1S/C12H17NO.CH5N/c1-7(2)9-5-4-8-6-12(3,13)10(8)11(9)14;1-2/h4-5,7,14H,6,13H2,1-3H3;2H2,1H3. The van der Waals surface area contributed by atoms with Crippen LogP contribution in [0.2, 0.25) is 0 Å². The quantitative estimate of drug-likeness (QED) is 0.678. The van der Waals surface area contributed by atoms with Crippen LogP contribution < -0.4 is 11.5 Å². The molecule has 0 aromatic heterocycles. The first-order valence-corrected chi connectivity index (χ1v) is 5.65. The number of benzene rings is 1. The SMILES string of the molecule is CC(C)c1ccc2c(c1O)C(C)(N)C2.CN. The maximum atomic E-state index is 10.1. The van der Waals surface area contributed by atoms with Gasteiger partial charge in [0.25, 0.3) is 0 Å². The van der Waals surface area contributed by atoms with E-state index in [0.29, 0.717) is 11.7 Å². The highest BCUT2D eigenvalue weighted by Crippen LogP contribution is 2.45. The second kappa shape index (κ2) is 4.44. The second-order valence-electron chi connectivity index (χ2n) is 4.79. The molecule has 3 heteroatoms. The Morgan fingerprint density at radius 3 is 2.31 bits per heavy atom. The lowest BCUT2D eigenvalue weighted by atomic mass is 9.71. The van der Waals surface area contributed by atoms with Crippen molar-refractivity contribution in [2.75, 3.05) is 7.05 Å². The number of hydrogen-bond acceptors (Lipinski definition) is 3. The van der Waals surface area contributed by atoms with Crippen molar-refractivity contribution >= 4 is 0 Å². The third-order valence-electron chi connectivity index (χ3n) is 3.05. The van der Waals surface area contributed by atoms with E-state index in [1.165, 1.54) is 12.6 Å². The minimum atomic E-state index is -0.329. The molecule has 0 saturated heterocycles. The Morgan fingerprint density at radius 1 is 1.31 bits per heavy atom. The van der Waals surface area contributed by atoms with E-state index in [0.717, 1.165) is 17.5 Å². The maximum Gasteiger partial charge on any atom is 0.124 e. The van der Waals surface area contributed by atoms with Crippen molar-refractivity contribution in [1.29, 1.82) is 0 Å². The second-order valence-corrected chi connectivity index (χ2v) is 4.79. The van der Waals surface area contributed by atoms with Gasteiger partial charge in [-0.25, -0.2) is 0 Å². The molecule has 1 aliphatic carbocycles. The van der Waals surface area contributed by atoms with Crippen LogP contribution >= 0.6 is 0 Å². The first-order chi connectivity index (χ1) is 7.43. The Morgan fingerprint density at radius 2 is 1.88 bits per heavy atom. The first kappa shape index (κ1) is 13.0. The van der Waals surface area contributed by atoms with Crippen LogP contribution in [0, 0.1) is 0 Å². The summed E-state index contributed by atoms with van der Waals surface area (Å²) in [5.41, 5.74) is 13.4. The zero-order chi connectivity index (χ0) is 12.5. The van der Waals surface area contributed by atoms with Gasteiger partial charge in [-0.2, -0.15) is 0 Å². The molecule has 2 rings (SSSR count). The van der Waals surface area contributed by atoms with E-state index in [1.807, 2.05) is 13.0 Å². The van der Waals surface area contributed by atoms with Crippen molar-refractivity contribution in [2.24, 2.45) is 11.5 Å². The minimum Gasteiger partial charge on any atom is -0.507 e. The van der Waals surface area contributed by atoms with Crippen LogP contribution in [0.3, 0.4) is 0 Å². The van der Waals surface area contributed by atoms with Crippen molar-refractivity contribution < 1.29 is 5.11 Å². The van der Waals surface area contributed by atoms with Gasteiger partial charge in [0.1, 0.15) is 5.75 Å². The fourth-order valence-electron chi connectivity index (χ4n) is 2.28. The summed E-state index contributed by atoms with van der Waals surface area (Å²) in [5.74, 6) is 0.755. The molecule has 0 amide bonds. The summed E-state index contributed by atoms with van der Waals surface area (Å²) < 4.78 is 0. The predicted octanol–water partition coefficient (Wildman–Crippen LogP) is 1.82. The Bertz CT molecular complexity index is 384. The molecule has 1 aromatic rings. The summed E-state index contributed by atoms with van der Waals surface area (Å²) in [5, 5.41) is 10.1. The van der Waals surface area contributed by atoms with Crippen LogP contribution in [-0.4, -0.2) is 12.2 Å². The minimum absolute atomic E-state index is 0.329. The van der Waals surface area contributed by atoms with Crippen LogP contribution in [0.15, 0.2) is 12.1 Å². The van der Waals surface area contributed by atoms with Crippen molar-refractivity contribution in [3.05, 3.63) is 28.8 Å². The van der Waals surface area contributed by atoms with Crippen LogP contribution in [0.25, 0.3) is 0 Å². The number of phenols is 1. The van der Waals surface area contributed by atoms with Crippen LogP contribution in [0.4, 0.5) is 0 Å². The molecule has 1 unspecified atom stereocenters. The molecular formula is C13H22N2O. The summed E-state index contributed by atoms with van der Waals surface area (Å²) in [6.07, 6.45) is 0.869. The smallest absolute Gasteiger partial charge is 0.124 e. The molecule has 1 aliphatic rings. The summed E-state index contributed by atoms with van der Waals surface area (Å²) in [6, 6.07) is 4.09. The molecule has 0 fully saturated rings. The van der Waals surface area contributed by atoms with Gasteiger partial charge in [0.2, 0.25) is 0 Å². The first-order valence-electron chi connectivity index (χ1n) is 5.65. The van der Waals surface area contributed by atoms with Gasteiger partial charge < -0.3 is 16.6 Å². The molecule has 0 bridgehead atoms. The molecule has 3 nitrogen and oxygen atoms in total. The van der Waals surface area contributed by atoms with Crippen molar-refractivity contribution in [1.82, 2.24) is 0 Å². The van der Waals surface area contributed by atoms with Gasteiger partial charge >= 0.3 is 0 Å². The number of hydrogen-bond donors (Lipinski definition) is 3. The Kier molecular flexibility index (Phi) is 3.61. The fourth-order valence-corrected chi connectivity index (χ4v) is 2.28. The monoisotopic (exact) mass is 222 g/mol. The zero-order valence-corrected chi connectivity index (χ0v) is 10.5. The molecule has 1 atom stereocenters. The number of aromatic hydroxyl groups is 1. The van der Waals surface area contributed by atoms with Crippen molar-refractivity contribution in [3.8, 4) is 5.75 Å². The largest absolute Gasteiger partial charge is 0.507 e. The lowest BCUT2D eigenvalue weighted by Gasteiger charge is -2.39. The Hall–Kier alpha value is -1.06. The van der Waals surface area contributed by atoms with Crippen molar-refractivity contribution in [2.45, 2.75) is 38.6 Å². The zero-order valence-electron chi connectivity index (χ0n) is 10.5. The van der Waals surface area contributed by atoms with Gasteiger partial charge in [-0.15, -0.1) is 0 Å². The van der Waals surface area contributed by atoms with E-state index >= 15 is 0 Å². The van der Waals surface area contributed by atoms with Crippen LogP contribution in [0.1, 0.15) is 43.4 Å². The summed E-state index contributed by atoms with van der Waals surface area (Å²) in [7, 11) is 1.50. The number of phenolic OH excluding ortho intramolecular Hbond substituents is 1. The van der Waals surface area contributed by atoms with E-state index in [9.17, 15) is 5.11 Å². The maximum absolute atomic E-state index is 10.1. The van der Waals surface area contributed by atoms with E-state index in [4.69, 9.17) is 5.73 Å². The highest BCUT2D eigenvalue weighted by molar-refractivity contribution is 5.56. The molecule has 0 radical (unpaired) electrons. The molecule has 1 aromatic carbocycles. The van der Waals surface area contributed by atoms with E-state index < -0.39 is 0 Å². The highest BCUT2D eigenvalue weighted by atomic mass is 16.3. The third-order valence-corrected chi connectivity index (χ3v) is 3.05. The third kappa shape index (κ3) is 1.93. The molecule has 0 spiro atoms. The van der Waals surface area contributed by atoms with E-state index in [1.54, 1.807) is 0 Å². The summed E-state index contributed by atoms with van der Waals surface area (Å²) in [6.45, 7) is 6.13. The fraction of sp³-hybridized carbons (Fsp3) is 0.538. The van der Waals surface area contributed by atoms with E-state index in [2.05, 4.69) is 25.6 Å².